The third-order valence-corrected chi connectivity index (χ3v) is 5.99. The van der Waals surface area contributed by atoms with E-state index in [1.165, 1.54) is 12.3 Å². The summed E-state index contributed by atoms with van der Waals surface area (Å²) in [6.07, 6.45) is 8.88. The van der Waals surface area contributed by atoms with Crippen molar-refractivity contribution in [3.63, 3.8) is 0 Å². The minimum Gasteiger partial charge on any atom is -0.486 e. The van der Waals surface area contributed by atoms with Gasteiger partial charge in [-0.2, -0.15) is 0 Å². The summed E-state index contributed by atoms with van der Waals surface area (Å²) in [7, 11) is 0. The lowest BCUT2D eigenvalue weighted by Gasteiger charge is -2.23. The quantitative estimate of drug-likeness (QED) is 0.141. The molecule has 0 saturated heterocycles. The highest BCUT2D eigenvalue weighted by Crippen LogP contribution is 2.42. The molecule has 11 heteroatoms. The van der Waals surface area contributed by atoms with E-state index in [0.717, 1.165) is 16.9 Å². The number of nitrogens with zero attached hydrogens (tertiary/aromatic N) is 6. The van der Waals surface area contributed by atoms with Gasteiger partial charge in [0.15, 0.2) is 0 Å². The summed E-state index contributed by atoms with van der Waals surface area (Å²) >= 11 is 0. The predicted molar refractivity (Wildman–Crippen MR) is 141 cm³/mol. The Kier molecular flexibility index (Phi) is 8.08. The highest BCUT2D eigenvalue weighted by molar-refractivity contribution is 5.88. The Morgan fingerprint density at radius 3 is 2.92 bits per heavy atom. The van der Waals surface area contributed by atoms with Crippen LogP contribution in [0.2, 0.25) is 0 Å². The Hall–Kier alpha value is -4.63. The van der Waals surface area contributed by atoms with Crippen molar-refractivity contribution in [3.8, 4) is 5.75 Å². The summed E-state index contributed by atoms with van der Waals surface area (Å²) < 4.78 is 26.9. The summed E-state index contributed by atoms with van der Waals surface area (Å²) in [6, 6.07) is 10.6. The molecule has 0 fully saturated rings. The molecule has 0 saturated carbocycles. The Morgan fingerprint density at radius 2 is 2.18 bits per heavy atom. The zero-order valence-corrected chi connectivity index (χ0v) is 21.3. The standard InChI is InChI=1S/C17H18FN5O.C10H10N2O2/c1-11(22-12-4-3-7-20-9-12)13-5-6-15(18)14-8-17(2,10-21-23-19)24-16(13)14;1-2-14-10(13)8-6-11-9-4-3-5-12(9)7-8/h3-7,9,11,22H,8,10H2,1-2H3;3-7H,2H2,1H3. The van der Waals surface area contributed by atoms with E-state index in [0.29, 0.717) is 29.9 Å². The van der Waals surface area contributed by atoms with Crippen LogP contribution in [-0.2, 0) is 11.2 Å². The second-order valence-corrected chi connectivity index (χ2v) is 9.01. The number of pyridine rings is 1. The number of nitrogens with one attached hydrogen (secondary N) is 1. The van der Waals surface area contributed by atoms with E-state index in [1.807, 2.05) is 44.3 Å². The van der Waals surface area contributed by atoms with E-state index in [1.54, 1.807) is 36.0 Å². The highest BCUT2D eigenvalue weighted by atomic mass is 19.1. The number of carbonyl (C=O) groups excluding carboxylic acids is 1. The minimum atomic E-state index is -0.723. The van der Waals surface area contributed by atoms with Gasteiger partial charge in [-0.15, -0.1) is 0 Å². The number of halogens is 1. The van der Waals surface area contributed by atoms with Crippen molar-refractivity contribution < 1.29 is 18.7 Å². The minimum absolute atomic E-state index is 0.0923. The van der Waals surface area contributed by atoms with E-state index >= 15 is 0 Å². The molecule has 0 aliphatic carbocycles. The van der Waals surface area contributed by atoms with Gasteiger partial charge >= 0.3 is 5.97 Å². The first-order valence-electron chi connectivity index (χ1n) is 12.1. The Morgan fingerprint density at radius 1 is 1.34 bits per heavy atom. The van der Waals surface area contributed by atoms with Gasteiger partial charge in [-0.1, -0.05) is 11.2 Å². The van der Waals surface area contributed by atoms with Crippen molar-refractivity contribution >= 4 is 17.3 Å². The summed E-state index contributed by atoms with van der Waals surface area (Å²) in [6.45, 7) is 6.11. The lowest BCUT2D eigenvalue weighted by molar-refractivity contribution is 0.0525. The van der Waals surface area contributed by atoms with Gasteiger partial charge in [0, 0.05) is 53.4 Å². The summed E-state index contributed by atoms with van der Waals surface area (Å²) in [5, 5.41) is 6.92. The second-order valence-electron chi connectivity index (χ2n) is 9.01. The number of esters is 1. The molecule has 0 bridgehead atoms. The van der Waals surface area contributed by atoms with E-state index in [9.17, 15) is 9.18 Å². The smallest absolute Gasteiger partial charge is 0.341 e. The van der Waals surface area contributed by atoms with Crippen LogP contribution in [0.15, 0.2) is 72.5 Å². The molecule has 3 aromatic heterocycles. The number of ether oxygens (including phenoxy) is 2. The normalized spacial score (nSPS) is 16.3. The molecule has 2 unspecified atom stereocenters. The summed E-state index contributed by atoms with van der Waals surface area (Å²) in [5.74, 6) is -0.0999. The van der Waals surface area contributed by atoms with Crippen molar-refractivity contribution in [3.05, 3.63) is 100 Å². The molecular weight excluding hydrogens is 489 g/mol. The number of fused-ring (bicyclic) bond motifs is 2. The summed E-state index contributed by atoms with van der Waals surface area (Å²) in [4.78, 5) is 22.3. The fourth-order valence-electron chi connectivity index (χ4n) is 4.19. The topological polar surface area (TPSA) is 127 Å². The van der Waals surface area contributed by atoms with E-state index in [-0.39, 0.29) is 24.4 Å². The van der Waals surface area contributed by atoms with Crippen LogP contribution in [0, 0.1) is 5.82 Å². The summed E-state index contributed by atoms with van der Waals surface area (Å²) in [5.41, 5.74) is 11.4. The molecule has 1 N–H and O–H groups in total. The monoisotopic (exact) mass is 517 g/mol. The maximum atomic E-state index is 14.2. The maximum absolute atomic E-state index is 14.2. The van der Waals surface area contributed by atoms with Crippen molar-refractivity contribution in [2.75, 3.05) is 18.5 Å². The molecule has 0 radical (unpaired) electrons. The number of azide groups is 1. The molecule has 0 spiro atoms. The van der Waals surface area contributed by atoms with Gasteiger partial charge in [0.05, 0.1) is 30.4 Å². The van der Waals surface area contributed by atoms with Crippen LogP contribution in [0.1, 0.15) is 48.3 Å². The number of carbonyl (C=O) groups is 1. The van der Waals surface area contributed by atoms with Crippen molar-refractivity contribution in [1.29, 1.82) is 0 Å². The Bertz CT molecular complexity index is 1470. The average molecular weight is 518 g/mol. The lowest BCUT2D eigenvalue weighted by Crippen LogP contribution is -2.33. The van der Waals surface area contributed by atoms with Crippen LogP contribution in [0.5, 0.6) is 5.75 Å². The van der Waals surface area contributed by atoms with Crippen LogP contribution in [0.25, 0.3) is 16.1 Å². The highest BCUT2D eigenvalue weighted by Gasteiger charge is 2.38. The van der Waals surface area contributed by atoms with Crippen LogP contribution in [0.4, 0.5) is 10.1 Å². The fraction of sp³-hybridized carbons (Fsp3) is 0.296. The van der Waals surface area contributed by atoms with E-state index in [4.69, 9.17) is 15.0 Å². The molecule has 196 valence electrons. The van der Waals surface area contributed by atoms with Gasteiger partial charge in [-0.25, -0.2) is 14.2 Å². The second kappa shape index (κ2) is 11.6. The number of hydrogen-bond acceptors (Lipinski definition) is 7. The molecular formula is C27H28FN7O3. The zero-order chi connectivity index (χ0) is 27.1. The van der Waals surface area contributed by atoms with Gasteiger partial charge in [0.2, 0.25) is 0 Å². The van der Waals surface area contributed by atoms with Crippen molar-refractivity contribution in [2.45, 2.75) is 38.8 Å². The number of rotatable bonds is 7. The fourth-order valence-corrected chi connectivity index (χ4v) is 4.19. The molecule has 2 atom stereocenters. The molecule has 5 rings (SSSR count). The maximum Gasteiger partial charge on any atom is 0.341 e. The van der Waals surface area contributed by atoms with Crippen LogP contribution >= 0.6 is 0 Å². The van der Waals surface area contributed by atoms with Crippen LogP contribution in [0.3, 0.4) is 0 Å². The number of hydrogen-bond donors (Lipinski definition) is 1. The van der Waals surface area contributed by atoms with Crippen LogP contribution in [-0.4, -0.2) is 39.1 Å². The SMILES string of the molecule is CC(Nc1cccnc1)c1ccc(F)c2c1OC(C)(CN=[N+]=[N-])C2.CCOC(=O)c1cnc2cccn2c1. The molecule has 1 aromatic carbocycles. The van der Waals surface area contributed by atoms with Crippen molar-refractivity contribution in [1.82, 2.24) is 14.4 Å². The van der Waals surface area contributed by atoms with Crippen LogP contribution < -0.4 is 10.1 Å². The molecule has 38 heavy (non-hydrogen) atoms. The molecule has 1 aliphatic rings. The Balaban J connectivity index is 0.000000204. The molecule has 1 aliphatic heterocycles. The number of benzene rings is 1. The first kappa shape index (κ1) is 26.4. The predicted octanol–water partition coefficient (Wildman–Crippen LogP) is 5.91. The number of aromatic nitrogens is 3. The molecule has 4 aromatic rings. The van der Waals surface area contributed by atoms with E-state index in [2.05, 4.69) is 25.3 Å². The van der Waals surface area contributed by atoms with Gasteiger partial charge < -0.3 is 19.2 Å². The zero-order valence-electron chi connectivity index (χ0n) is 21.3. The Labute approximate surface area is 219 Å². The first-order valence-corrected chi connectivity index (χ1v) is 12.1. The lowest BCUT2D eigenvalue weighted by atomic mass is 9.97. The molecule has 10 nitrogen and oxygen atoms in total. The first-order chi connectivity index (χ1) is 18.3. The third-order valence-electron chi connectivity index (χ3n) is 5.99. The van der Waals surface area contributed by atoms with E-state index < -0.39 is 5.60 Å². The number of anilines is 1. The third kappa shape index (κ3) is 6.01. The van der Waals surface area contributed by atoms with Crippen molar-refractivity contribution in [2.24, 2.45) is 5.11 Å². The average Bonchev–Trinajstić information content (AvgIpc) is 3.53. The molecule has 4 heterocycles. The largest absolute Gasteiger partial charge is 0.486 e. The van der Waals surface area contributed by atoms with Gasteiger partial charge in [0.25, 0.3) is 0 Å². The molecule has 0 amide bonds. The van der Waals surface area contributed by atoms with Gasteiger partial charge in [-0.05, 0) is 56.6 Å². The van der Waals surface area contributed by atoms with Gasteiger partial charge in [-0.3, -0.25) is 4.98 Å². The van der Waals surface area contributed by atoms with Gasteiger partial charge in [0.1, 0.15) is 22.8 Å².